The van der Waals surface area contributed by atoms with Crippen molar-refractivity contribution < 1.29 is 19.4 Å². The number of anilines is 1. The van der Waals surface area contributed by atoms with Crippen LogP contribution in [-0.2, 0) is 14.3 Å². The highest BCUT2D eigenvalue weighted by molar-refractivity contribution is 5.94. The van der Waals surface area contributed by atoms with Crippen LogP contribution >= 0.6 is 0 Å². The van der Waals surface area contributed by atoms with Crippen LogP contribution in [0.3, 0.4) is 0 Å². The van der Waals surface area contributed by atoms with Crippen LogP contribution in [0, 0.1) is 6.92 Å². The monoisotopic (exact) mass is 349 g/mol. The van der Waals surface area contributed by atoms with E-state index in [4.69, 9.17) is 4.74 Å². The number of nitrogens with zero attached hydrogens (tertiary/aromatic N) is 1. The Bertz CT molecular complexity index is 573. The predicted octanol–water partition coefficient (Wildman–Crippen LogP) is 1.09. The Balaban J connectivity index is 1.71. The fraction of sp³-hybridized carbons (Fsp3) is 0.556. The first-order valence-electron chi connectivity index (χ1n) is 8.67. The minimum atomic E-state index is -1.01. The molecule has 0 radical (unpaired) electrons. The van der Waals surface area contributed by atoms with Gasteiger partial charge in [0, 0.05) is 18.8 Å². The highest BCUT2D eigenvalue weighted by Gasteiger charge is 2.20. The largest absolute Gasteiger partial charge is 0.480 e. The highest BCUT2D eigenvalue weighted by atomic mass is 16.5. The average molecular weight is 349 g/mol. The summed E-state index contributed by atoms with van der Waals surface area (Å²) in [5.74, 6) is -1.32. The number of nitrogens with one attached hydrogen (secondary N) is 2. The number of amides is 1. The van der Waals surface area contributed by atoms with E-state index in [1.807, 2.05) is 25.1 Å². The number of ether oxygens (including phenoxy) is 1. The number of carboxylic acids is 1. The molecule has 25 heavy (non-hydrogen) atoms. The summed E-state index contributed by atoms with van der Waals surface area (Å²) in [5, 5.41) is 15.0. The molecule has 1 aliphatic rings. The maximum Gasteiger partial charge on any atom is 0.321 e. The first-order chi connectivity index (χ1) is 12.0. The van der Waals surface area contributed by atoms with E-state index in [1.165, 1.54) is 0 Å². The Morgan fingerprint density at radius 2 is 2.08 bits per heavy atom. The first-order valence-corrected chi connectivity index (χ1v) is 8.67. The second-order valence-corrected chi connectivity index (χ2v) is 6.27. The van der Waals surface area contributed by atoms with Crippen molar-refractivity contribution in [1.29, 1.82) is 0 Å². The molecular formula is C18H27N3O4. The minimum Gasteiger partial charge on any atom is -0.480 e. The molecule has 3 N–H and O–H groups in total. The van der Waals surface area contributed by atoms with Crippen LogP contribution in [0.2, 0.25) is 0 Å². The molecule has 0 aliphatic carbocycles. The summed E-state index contributed by atoms with van der Waals surface area (Å²) in [7, 11) is 0. The molecule has 1 heterocycles. The third-order valence-electron chi connectivity index (χ3n) is 4.14. The number of aryl methyl sites for hydroxylation is 1. The number of hydrogen-bond acceptors (Lipinski definition) is 5. The zero-order chi connectivity index (χ0) is 18.1. The normalized spacial score (nSPS) is 16.4. The summed E-state index contributed by atoms with van der Waals surface area (Å²) in [6.07, 6.45) is 0.740. The molecule has 7 heteroatoms. The molecule has 1 fully saturated rings. The first kappa shape index (κ1) is 19.4. The van der Waals surface area contributed by atoms with Crippen molar-refractivity contribution in [3.63, 3.8) is 0 Å². The quantitative estimate of drug-likeness (QED) is 0.578. The lowest BCUT2D eigenvalue weighted by Crippen LogP contribution is -2.42. The zero-order valence-corrected chi connectivity index (χ0v) is 14.7. The molecule has 1 aromatic carbocycles. The number of rotatable bonds is 9. The molecule has 1 amide bonds. The van der Waals surface area contributed by atoms with Crippen LogP contribution in [-0.4, -0.2) is 67.3 Å². The summed E-state index contributed by atoms with van der Waals surface area (Å²) < 4.78 is 5.30. The molecule has 0 saturated carbocycles. The van der Waals surface area contributed by atoms with Gasteiger partial charge in [0.2, 0.25) is 5.91 Å². The van der Waals surface area contributed by atoms with Crippen molar-refractivity contribution in [3.8, 4) is 0 Å². The number of benzene rings is 1. The van der Waals surface area contributed by atoms with E-state index in [0.29, 0.717) is 12.2 Å². The number of carbonyl (C=O) groups is 2. The third-order valence-corrected chi connectivity index (χ3v) is 4.14. The standard InChI is InChI=1S/C18H27N3O4/c1-14-4-2-5-15(12-14)20-17(22)13-16(18(23)24)19-6-3-7-21-8-10-25-11-9-21/h2,4-5,12,16,19H,3,6-11,13H2,1H3,(H,20,22)(H,23,24)/t16-/m1/s1. The Hall–Kier alpha value is -1.96. The van der Waals surface area contributed by atoms with E-state index in [2.05, 4.69) is 15.5 Å². The number of hydrogen-bond donors (Lipinski definition) is 3. The molecule has 1 saturated heterocycles. The van der Waals surface area contributed by atoms with Gasteiger partial charge < -0.3 is 20.5 Å². The summed E-state index contributed by atoms with van der Waals surface area (Å²) in [6, 6.07) is 6.55. The second kappa shape index (κ2) is 10.1. The summed E-state index contributed by atoms with van der Waals surface area (Å²) >= 11 is 0. The maximum atomic E-state index is 12.1. The van der Waals surface area contributed by atoms with Gasteiger partial charge in [-0.3, -0.25) is 14.5 Å². The summed E-state index contributed by atoms with van der Waals surface area (Å²) in [5.41, 5.74) is 1.72. The Kier molecular flexibility index (Phi) is 7.84. The smallest absolute Gasteiger partial charge is 0.321 e. The number of carboxylic acid groups (broad SMARTS) is 1. The SMILES string of the molecule is Cc1cccc(NC(=O)C[C@@H](NCCCN2CCOCC2)C(=O)O)c1. The van der Waals surface area contributed by atoms with Crippen LogP contribution < -0.4 is 10.6 Å². The Morgan fingerprint density at radius 1 is 1.32 bits per heavy atom. The van der Waals surface area contributed by atoms with E-state index in [-0.39, 0.29) is 12.3 Å². The van der Waals surface area contributed by atoms with Gasteiger partial charge in [0.1, 0.15) is 6.04 Å². The minimum absolute atomic E-state index is 0.0964. The van der Waals surface area contributed by atoms with Gasteiger partial charge in [-0.15, -0.1) is 0 Å². The van der Waals surface area contributed by atoms with Crippen molar-refractivity contribution in [2.45, 2.75) is 25.8 Å². The van der Waals surface area contributed by atoms with Crippen molar-refractivity contribution in [3.05, 3.63) is 29.8 Å². The lowest BCUT2D eigenvalue weighted by molar-refractivity contribution is -0.141. The molecule has 1 aromatic rings. The van der Waals surface area contributed by atoms with E-state index < -0.39 is 12.0 Å². The topological polar surface area (TPSA) is 90.9 Å². The van der Waals surface area contributed by atoms with Gasteiger partial charge in [-0.05, 0) is 44.1 Å². The Morgan fingerprint density at radius 3 is 2.76 bits per heavy atom. The summed E-state index contributed by atoms with van der Waals surface area (Å²) in [4.78, 5) is 25.7. The van der Waals surface area contributed by atoms with E-state index in [0.717, 1.165) is 44.8 Å². The molecule has 0 spiro atoms. The van der Waals surface area contributed by atoms with Gasteiger partial charge in [-0.2, -0.15) is 0 Å². The lowest BCUT2D eigenvalue weighted by atomic mass is 10.1. The molecule has 1 atom stereocenters. The third kappa shape index (κ3) is 7.21. The fourth-order valence-corrected chi connectivity index (χ4v) is 2.77. The van der Waals surface area contributed by atoms with Crippen molar-refractivity contribution in [1.82, 2.24) is 10.2 Å². The zero-order valence-electron chi connectivity index (χ0n) is 14.7. The van der Waals surface area contributed by atoms with E-state index >= 15 is 0 Å². The second-order valence-electron chi connectivity index (χ2n) is 6.27. The van der Waals surface area contributed by atoms with Crippen molar-refractivity contribution in [2.75, 3.05) is 44.7 Å². The van der Waals surface area contributed by atoms with Crippen molar-refractivity contribution >= 4 is 17.6 Å². The predicted molar refractivity (Wildman–Crippen MR) is 95.7 cm³/mol. The Labute approximate surface area is 148 Å². The van der Waals surface area contributed by atoms with Crippen LogP contribution in [0.25, 0.3) is 0 Å². The molecular weight excluding hydrogens is 322 g/mol. The van der Waals surface area contributed by atoms with Crippen LogP contribution in [0.5, 0.6) is 0 Å². The molecule has 1 aliphatic heterocycles. The van der Waals surface area contributed by atoms with Gasteiger partial charge in [-0.25, -0.2) is 0 Å². The molecule has 0 bridgehead atoms. The van der Waals surface area contributed by atoms with Crippen LogP contribution in [0.4, 0.5) is 5.69 Å². The van der Waals surface area contributed by atoms with E-state index in [1.54, 1.807) is 6.07 Å². The van der Waals surface area contributed by atoms with Crippen molar-refractivity contribution in [2.24, 2.45) is 0 Å². The molecule has 0 unspecified atom stereocenters. The number of carbonyl (C=O) groups excluding carboxylic acids is 1. The van der Waals surface area contributed by atoms with Crippen LogP contribution in [0.1, 0.15) is 18.4 Å². The molecule has 2 rings (SSSR count). The van der Waals surface area contributed by atoms with Gasteiger partial charge in [-0.1, -0.05) is 12.1 Å². The van der Waals surface area contributed by atoms with Crippen LogP contribution in [0.15, 0.2) is 24.3 Å². The average Bonchev–Trinajstić information content (AvgIpc) is 2.58. The number of morpholine rings is 1. The van der Waals surface area contributed by atoms with Gasteiger partial charge in [0.15, 0.2) is 0 Å². The molecule has 0 aromatic heterocycles. The van der Waals surface area contributed by atoms with Gasteiger partial charge >= 0.3 is 5.97 Å². The fourth-order valence-electron chi connectivity index (χ4n) is 2.77. The van der Waals surface area contributed by atoms with E-state index in [9.17, 15) is 14.7 Å². The molecule has 138 valence electrons. The summed E-state index contributed by atoms with van der Waals surface area (Å²) in [6.45, 7) is 6.74. The van der Waals surface area contributed by atoms with Gasteiger partial charge in [0.05, 0.1) is 19.6 Å². The maximum absolute atomic E-state index is 12.1. The molecule has 7 nitrogen and oxygen atoms in total. The van der Waals surface area contributed by atoms with Gasteiger partial charge in [0.25, 0.3) is 0 Å². The number of aliphatic carboxylic acids is 1. The highest BCUT2D eigenvalue weighted by Crippen LogP contribution is 2.10. The lowest BCUT2D eigenvalue weighted by Gasteiger charge is -2.26.